The number of nitrogens with zero attached hydrogens (tertiary/aromatic N) is 4. The lowest BCUT2D eigenvalue weighted by Gasteiger charge is -2.45. The summed E-state index contributed by atoms with van der Waals surface area (Å²) in [6.45, 7) is -2.23. The Morgan fingerprint density at radius 3 is 1.86 bits per heavy atom. The molecule has 6 heterocycles. The number of thiophene rings is 1. The number of fused-ring (bicyclic) bond motifs is 14. The number of benzene rings is 10. The highest BCUT2D eigenvalue weighted by Crippen LogP contribution is 2.56. The second-order valence-corrected chi connectivity index (χ2v) is 16.6. The van der Waals surface area contributed by atoms with E-state index in [2.05, 4.69) is 0 Å². The molecule has 69 heavy (non-hydrogen) atoms. The van der Waals surface area contributed by atoms with Crippen molar-refractivity contribution < 1.29 is 55.1 Å². The summed E-state index contributed by atoms with van der Waals surface area (Å²) in [4.78, 5) is 2.09. The number of anilines is 9. The van der Waals surface area contributed by atoms with E-state index in [4.69, 9.17) is 22.2 Å². The van der Waals surface area contributed by atoms with Crippen molar-refractivity contribution in [1.29, 1.82) is 0 Å². The molecular weight excluding hydrogens is 860 g/mol. The van der Waals surface area contributed by atoms with Gasteiger partial charge in [-0.2, -0.15) is 0 Å². The molecule has 0 amide bonds. The summed E-state index contributed by atoms with van der Waals surface area (Å²) in [5.41, 5.74) is -14.8. The molecule has 0 unspecified atom stereocenters. The summed E-state index contributed by atoms with van der Waals surface area (Å²) in [5, 5.41) is -2.79. The summed E-state index contributed by atoms with van der Waals surface area (Å²) in [5.74, 6) is 0. The first-order valence-electron chi connectivity index (χ1n) is 39.1. The normalized spacial score (nSPS) is 20.6. The van der Waals surface area contributed by atoms with Gasteiger partial charge in [0.1, 0.15) is 5.58 Å². The second kappa shape index (κ2) is 13.9. The molecule has 0 N–H and O–H groups in total. The minimum atomic E-state index is -2.23. The largest absolute Gasteiger partial charge is 0.468 e. The molecule has 0 fully saturated rings. The van der Waals surface area contributed by atoms with Gasteiger partial charge >= 0.3 is 0 Å². The Labute approximate surface area is 453 Å². The zero-order valence-corrected chi connectivity index (χ0v) is 35.0. The zero-order chi connectivity index (χ0) is 77.1. The van der Waals surface area contributed by atoms with Crippen LogP contribution in [0.5, 0.6) is 0 Å². The Hall–Kier alpha value is -8.78. The molecule has 0 saturated heterocycles. The Bertz CT molecular complexity index is 6390. The molecule has 5 nitrogen and oxygen atoms in total. The molecule has 3 aliphatic rings. The van der Waals surface area contributed by atoms with Gasteiger partial charge in [-0.25, -0.2) is 0 Å². The van der Waals surface area contributed by atoms with Crippen LogP contribution in [0.3, 0.4) is 0 Å². The van der Waals surface area contributed by atoms with E-state index in [1.165, 1.54) is 0 Å². The van der Waals surface area contributed by atoms with Crippen LogP contribution in [0.1, 0.15) is 50.7 Å². The molecule has 10 aromatic carbocycles. The van der Waals surface area contributed by atoms with E-state index >= 15 is 0 Å². The molecule has 3 aliphatic heterocycles. The minimum Gasteiger partial charge on any atom is -0.468 e. The lowest BCUT2D eigenvalue weighted by atomic mass is 9.35. The highest BCUT2D eigenvalue weighted by atomic mass is 32.1. The summed E-state index contributed by atoms with van der Waals surface area (Å²) in [6.07, 6.45) is 0. The van der Waals surface area contributed by atoms with Gasteiger partial charge in [0, 0.05) is 54.4 Å². The lowest BCUT2D eigenvalue weighted by molar-refractivity contribution is 0.651. The fraction of sp³-hybridized carbons (Fsp3) is 0. The first kappa shape index (κ1) is 16.8. The monoisotopic (exact) mass is 934 g/mol. The Morgan fingerprint density at radius 2 is 1.07 bits per heavy atom. The van der Waals surface area contributed by atoms with Gasteiger partial charge in [0.15, 0.2) is 0 Å². The summed E-state index contributed by atoms with van der Waals surface area (Å²) < 4.78 is 359. The SMILES string of the molecule is [2H]c1c([2H])c([2H])c(-c2c([2H])c([2H])c3oc4c(c3c2[2H])N(c2c([2H])c([2H])c([2H])c3c2sc2c([2H])c([2H])c([2H])c([2H])c23)c2c([2H])c(N(c3c([2H])c([2H])c([2H])c([2H])c3[2H])c3c([2H])c([2H])c([2H])c([2H])c3[2H])c([2H])c3c2B4c2c([2H])c([2H])c([2H])c4c2N3c2c([2H])c([2H])c([2H])c3c5c([2H])c([2H])c([2H])c([2H])c5n-4c23)c([2H])c1[2H]. The van der Waals surface area contributed by atoms with Crippen LogP contribution >= 0.6 is 11.3 Å². The number of rotatable bonds is 5. The van der Waals surface area contributed by atoms with Crippen molar-refractivity contribution in [2.45, 2.75) is 0 Å². The average Bonchev–Trinajstić information content (AvgIpc) is 1.35. The average molecular weight is 934 g/mol. The van der Waals surface area contributed by atoms with Crippen LogP contribution < -0.4 is 31.3 Å². The van der Waals surface area contributed by atoms with Crippen molar-refractivity contribution in [1.82, 2.24) is 4.57 Å². The maximum Gasteiger partial charge on any atom is 0.297 e. The first-order chi connectivity index (χ1) is 49.7. The summed E-state index contributed by atoms with van der Waals surface area (Å²) >= 11 is 0.458. The molecule has 0 saturated carbocycles. The van der Waals surface area contributed by atoms with Crippen molar-refractivity contribution >= 4 is 139 Å². The molecular formula is C62H37BN4OS. The Kier molecular flexibility index (Phi) is 3.38. The second-order valence-electron chi connectivity index (χ2n) is 15.6. The van der Waals surface area contributed by atoms with Crippen LogP contribution in [-0.2, 0) is 0 Å². The van der Waals surface area contributed by atoms with Crippen LogP contribution in [0.2, 0.25) is 0 Å². The third-order valence-corrected chi connectivity index (χ3v) is 13.3. The van der Waals surface area contributed by atoms with Gasteiger partial charge in [-0.1, -0.05) is 145 Å². The zero-order valence-electron chi connectivity index (χ0n) is 71.2. The molecule has 320 valence electrons. The van der Waals surface area contributed by atoms with Crippen molar-refractivity contribution in [3.05, 3.63) is 224 Å². The summed E-state index contributed by atoms with van der Waals surface area (Å²) in [6, 6.07) is -38.3. The molecule has 0 spiro atoms. The van der Waals surface area contributed by atoms with E-state index in [0.29, 0.717) is 16.2 Å². The van der Waals surface area contributed by atoms with E-state index in [-0.39, 0.29) is 4.70 Å². The van der Waals surface area contributed by atoms with Gasteiger partial charge in [0.25, 0.3) is 6.71 Å². The van der Waals surface area contributed by atoms with Crippen molar-refractivity contribution in [2.75, 3.05) is 14.7 Å². The molecule has 0 radical (unpaired) electrons. The molecule has 7 heteroatoms. The van der Waals surface area contributed by atoms with Crippen molar-refractivity contribution in [3.8, 4) is 16.8 Å². The van der Waals surface area contributed by atoms with Crippen LogP contribution in [0, 0.1) is 0 Å². The van der Waals surface area contributed by atoms with Crippen LogP contribution in [0.15, 0.2) is 228 Å². The maximum absolute atomic E-state index is 11.3. The quantitative estimate of drug-likeness (QED) is 0.161. The smallest absolute Gasteiger partial charge is 0.297 e. The van der Waals surface area contributed by atoms with Crippen molar-refractivity contribution in [2.24, 2.45) is 0 Å². The molecule has 0 atom stereocenters. The molecule has 13 aromatic rings. The molecule has 0 aliphatic carbocycles. The van der Waals surface area contributed by atoms with Gasteiger partial charge in [-0.15, -0.1) is 11.3 Å². The van der Waals surface area contributed by atoms with Gasteiger partial charge in [-0.05, 0) is 101 Å². The van der Waals surface area contributed by atoms with Gasteiger partial charge < -0.3 is 23.7 Å². The Morgan fingerprint density at radius 1 is 0.449 bits per heavy atom. The Balaban J connectivity index is 1.25. The first-order valence-corrected chi connectivity index (χ1v) is 21.4. The fourth-order valence-corrected chi connectivity index (χ4v) is 10.7. The maximum atomic E-state index is 11.3. The molecule has 0 bridgehead atoms. The molecule has 3 aromatic heterocycles. The van der Waals surface area contributed by atoms with Crippen LogP contribution in [0.4, 0.5) is 51.2 Å². The fourth-order valence-electron chi connectivity index (χ4n) is 9.61. The van der Waals surface area contributed by atoms with Gasteiger partial charge in [-0.3, -0.25) is 0 Å². The predicted octanol–water partition coefficient (Wildman–Crippen LogP) is 15.4. The van der Waals surface area contributed by atoms with Gasteiger partial charge in [0.2, 0.25) is 0 Å². The van der Waals surface area contributed by atoms with Crippen LogP contribution in [-0.4, -0.2) is 11.3 Å². The number of hydrogen-bond acceptors (Lipinski definition) is 5. The topological polar surface area (TPSA) is 27.8 Å². The number of hydrogen-bond donors (Lipinski definition) is 0. The third-order valence-electron chi connectivity index (χ3n) is 12.2. The minimum absolute atomic E-state index is 0.343. The third kappa shape index (κ3) is 5.04. The number of aromatic nitrogens is 1. The summed E-state index contributed by atoms with van der Waals surface area (Å²) in [7, 11) is 0. The predicted molar refractivity (Wildman–Crippen MR) is 291 cm³/mol. The molecule has 16 rings (SSSR count). The van der Waals surface area contributed by atoms with E-state index in [1.807, 2.05) is 0 Å². The van der Waals surface area contributed by atoms with E-state index in [9.17, 15) is 32.9 Å². The highest BCUT2D eigenvalue weighted by Gasteiger charge is 2.49. The van der Waals surface area contributed by atoms with E-state index in [0.717, 1.165) is 14.4 Å². The number of para-hydroxylation sites is 5. The lowest BCUT2D eigenvalue weighted by Crippen LogP contribution is -2.61. The highest BCUT2D eigenvalue weighted by molar-refractivity contribution is 7.26. The van der Waals surface area contributed by atoms with Crippen LogP contribution in [0.25, 0.3) is 69.8 Å². The van der Waals surface area contributed by atoms with E-state index in [1.54, 1.807) is 0 Å². The number of furan rings is 1. The van der Waals surface area contributed by atoms with Crippen molar-refractivity contribution in [3.63, 3.8) is 0 Å². The standard InChI is InChI=1S/C62H37BN4OS/c1-4-17-38(18-5-1)39-33-34-55-47(35-39)59-62(68-55)63-48-27-16-30-51-60(48)66(50-29-14-25-45-43-23-10-12-28-49(43)65(51)58(45)50)53-36-42(64(40-19-6-2-7-20-40)41-21-8-3-9-22-41)37-54(57(53)63)67(59)52-31-15-26-46-44-24-11-13-32-56(44)69-61(46)52/h1-37H/i1D,2D,3D,4D,5D,6D,7D,8D,9D,10D,11D,12D,13D,14D,15D,16D,17D,18D,19D,20D,21D,22D,23D,24D,25D,26D,27D,28D,29D,30D,31D,32D,33D,34D,35D,36D,37D. The van der Waals surface area contributed by atoms with E-state index < -0.39 is 363 Å². The van der Waals surface area contributed by atoms with Gasteiger partial charge in [0.05, 0.1) is 106 Å².